The minimum atomic E-state index is 0.947. The summed E-state index contributed by atoms with van der Waals surface area (Å²) in [7, 11) is 4.20. The SMILES string of the molecule is CN(C)CCCCNc1ccc(Br)cn1. The van der Waals surface area contributed by atoms with Crippen LogP contribution in [0.3, 0.4) is 0 Å². The van der Waals surface area contributed by atoms with E-state index in [4.69, 9.17) is 0 Å². The molecule has 1 aromatic heterocycles. The summed E-state index contributed by atoms with van der Waals surface area (Å²) in [6.45, 7) is 2.14. The molecule has 15 heavy (non-hydrogen) atoms. The van der Waals surface area contributed by atoms with Gasteiger partial charge in [-0.2, -0.15) is 0 Å². The van der Waals surface area contributed by atoms with Gasteiger partial charge in [-0.1, -0.05) is 0 Å². The molecule has 84 valence electrons. The molecule has 0 aliphatic carbocycles. The standard InChI is InChI=1S/C11H18BrN3/c1-15(2)8-4-3-7-13-11-6-5-10(12)9-14-11/h5-6,9H,3-4,7-8H2,1-2H3,(H,13,14). The van der Waals surface area contributed by atoms with Crippen molar-refractivity contribution in [3.05, 3.63) is 22.8 Å². The molecule has 0 saturated carbocycles. The Kier molecular flexibility index (Phi) is 5.65. The molecule has 1 heterocycles. The first-order chi connectivity index (χ1) is 7.18. The number of aromatic nitrogens is 1. The zero-order valence-electron chi connectivity index (χ0n) is 9.33. The molecule has 0 atom stereocenters. The van der Waals surface area contributed by atoms with E-state index in [0.29, 0.717) is 0 Å². The number of pyridine rings is 1. The Morgan fingerprint density at radius 3 is 2.73 bits per heavy atom. The van der Waals surface area contributed by atoms with Crippen LogP contribution in [0.2, 0.25) is 0 Å². The molecule has 0 aromatic carbocycles. The third-order valence-corrected chi connectivity index (χ3v) is 2.53. The van der Waals surface area contributed by atoms with Gasteiger partial charge in [0, 0.05) is 17.2 Å². The van der Waals surface area contributed by atoms with Gasteiger partial charge >= 0.3 is 0 Å². The third kappa shape index (κ3) is 5.74. The van der Waals surface area contributed by atoms with Crippen molar-refractivity contribution < 1.29 is 0 Å². The van der Waals surface area contributed by atoms with E-state index in [0.717, 1.165) is 23.4 Å². The molecule has 0 aliphatic heterocycles. The van der Waals surface area contributed by atoms with E-state index < -0.39 is 0 Å². The minimum Gasteiger partial charge on any atom is -0.370 e. The van der Waals surface area contributed by atoms with E-state index in [2.05, 4.69) is 45.2 Å². The van der Waals surface area contributed by atoms with Crippen LogP contribution >= 0.6 is 15.9 Å². The summed E-state index contributed by atoms with van der Waals surface area (Å²) in [5, 5.41) is 3.30. The highest BCUT2D eigenvalue weighted by Gasteiger charge is 1.94. The Labute approximate surface area is 100 Å². The molecule has 0 spiro atoms. The number of nitrogens with one attached hydrogen (secondary N) is 1. The molecule has 1 N–H and O–H groups in total. The van der Waals surface area contributed by atoms with Crippen LogP contribution in [0.1, 0.15) is 12.8 Å². The lowest BCUT2D eigenvalue weighted by molar-refractivity contribution is 0.396. The van der Waals surface area contributed by atoms with Gasteiger partial charge in [0.1, 0.15) is 5.82 Å². The van der Waals surface area contributed by atoms with Crippen LogP contribution in [0.15, 0.2) is 22.8 Å². The van der Waals surface area contributed by atoms with Gasteiger partial charge in [-0.25, -0.2) is 4.98 Å². The summed E-state index contributed by atoms with van der Waals surface area (Å²) < 4.78 is 1.01. The van der Waals surface area contributed by atoms with E-state index in [-0.39, 0.29) is 0 Å². The van der Waals surface area contributed by atoms with Crippen molar-refractivity contribution in [3.63, 3.8) is 0 Å². The van der Waals surface area contributed by atoms with E-state index in [9.17, 15) is 0 Å². The highest BCUT2D eigenvalue weighted by atomic mass is 79.9. The van der Waals surface area contributed by atoms with Gasteiger partial charge < -0.3 is 10.2 Å². The molecule has 4 heteroatoms. The second kappa shape index (κ2) is 6.80. The molecule has 0 radical (unpaired) electrons. The van der Waals surface area contributed by atoms with Crippen molar-refractivity contribution in [3.8, 4) is 0 Å². The zero-order chi connectivity index (χ0) is 11.1. The van der Waals surface area contributed by atoms with E-state index >= 15 is 0 Å². The van der Waals surface area contributed by atoms with E-state index in [1.54, 1.807) is 0 Å². The summed E-state index contributed by atoms with van der Waals surface area (Å²) >= 11 is 3.36. The van der Waals surface area contributed by atoms with E-state index in [1.807, 2.05) is 18.3 Å². The molecular formula is C11H18BrN3. The zero-order valence-corrected chi connectivity index (χ0v) is 10.9. The molecule has 0 fully saturated rings. The molecule has 0 saturated heterocycles. The second-order valence-electron chi connectivity index (χ2n) is 3.80. The van der Waals surface area contributed by atoms with Crippen molar-refractivity contribution in [2.45, 2.75) is 12.8 Å². The number of nitrogens with zero attached hydrogens (tertiary/aromatic N) is 2. The van der Waals surface area contributed by atoms with Gasteiger partial charge in [0.2, 0.25) is 0 Å². The normalized spacial score (nSPS) is 10.7. The monoisotopic (exact) mass is 271 g/mol. The number of anilines is 1. The van der Waals surface area contributed by atoms with Crippen LogP contribution in [0.25, 0.3) is 0 Å². The molecule has 1 rings (SSSR count). The minimum absolute atomic E-state index is 0.947. The topological polar surface area (TPSA) is 28.2 Å². The maximum atomic E-state index is 4.24. The van der Waals surface area contributed by atoms with Crippen LogP contribution in [0.4, 0.5) is 5.82 Å². The van der Waals surface area contributed by atoms with Gasteiger partial charge in [-0.3, -0.25) is 0 Å². The van der Waals surface area contributed by atoms with Crippen LogP contribution in [0.5, 0.6) is 0 Å². The first-order valence-electron chi connectivity index (χ1n) is 5.18. The number of rotatable bonds is 6. The Morgan fingerprint density at radius 1 is 1.33 bits per heavy atom. The van der Waals surface area contributed by atoms with Gasteiger partial charge in [0.25, 0.3) is 0 Å². The lowest BCUT2D eigenvalue weighted by Crippen LogP contribution is -2.14. The number of halogens is 1. The van der Waals surface area contributed by atoms with Crippen LogP contribution < -0.4 is 5.32 Å². The largest absolute Gasteiger partial charge is 0.370 e. The summed E-state index contributed by atoms with van der Waals surface area (Å²) in [6, 6.07) is 3.98. The molecule has 1 aromatic rings. The number of hydrogen-bond acceptors (Lipinski definition) is 3. The average Bonchev–Trinajstić information content (AvgIpc) is 2.20. The molecule has 0 bridgehead atoms. The van der Waals surface area contributed by atoms with E-state index in [1.165, 1.54) is 12.8 Å². The van der Waals surface area contributed by atoms with Crippen molar-refractivity contribution in [1.82, 2.24) is 9.88 Å². The fourth-order valence-corrected chi connectivity index (χ4v) is 1.48. The number of hydrogen-bond donors (Lipinski definition) is 1. The van der Waals surface area contributed by atoms with Gasteiger partial charge in [0.15, 0.2) is 0 Å². The summed E-state index contributed by atoms with van der Waals surface area (Å²) in [6.07, 6.45) is 4.20. The number of unbranched alkanes of at least 4 members (excludes halogenated alkanes) is 1. The molecular weight excluding hydrogens is 254 g/mol. The van der Waals surface area contributed by atoms with Crippen molar-refractivity contribution in [2.75, 3.05) is 32.5 Å². The van der Waals surface area contributed by atoms with Crippen LogP contribution in [-0.4, -0.2) is 37.1 Å². The van der Waals surface area contributed by atoms with Crippen LogP contribution in [0, 0.1) is 0 Å². The smallest absolute Gasteiger partial charge is 0.125 e. The third-order valence-electron chi connectivity index (χ3n) is 2.07. The quantitative estimate of drug-likeness (QED) is 0.807. The first kappa shape index (κ1) is 12.5. The Hall–Kier alpha value is -0.610. The molecule has 0 amide bonds. The Balaban J connectivity index is 2.12. The van der Waals surface area contributed by atoms with Crippen molar-refractivity contribution >= 4 is 21.7 Å². The lowest BCUT2D eigenvalue weighted by Gasteiger charge is -2.09. The summed E-state index contributed by atoms with van der Waals surface area (Å²) in [5.41, 5.74) is 0. The van der Waals surface area contributed by atoms with Crippen LogP contribution in [-0.2, 0) is 0 Å². The van der Waals surface area contributed by atoms with Gasteiger partial charge in [-0.15, -0.1) is 0 Å². The fraction of sp³-hybridized carbons (Fsp3) is 0.545. The predicted octanol–water partition coefficient (Wildman–Crippen LogP) is 2.60. The fourth-order valence-electron chi connectivity index (χ4n) is 1.25. The highest BCUT2D eigenvalue weighted by Crippen LogP contribution is 2.10. The molecule has 3 nitrogen and oxygen atoms in total. The highest BCUT2D eigenvalue weighted by molar-refractivity contribution is 9.10. The summed E-state index contributed by atoms with van der Waals surface area (Å²) in [4.78, 5) is 6.45. The van der Waals surface area contributed by atoms with Gasteiger partial charge in [0.05, 0.1) is 0 Å². The average molecular weight is 272 g/mol. The molecule has 0 aliphatic rings. The van der Waals surface area contributed by atoms with Crippen molar-refractivity contribution in [1.29, 1.82) is 0 Å². The molecule has 0 unspecified atom stereocenters. The van der Waals surface area contributed by atoms with Gasteiger partial charge in [-0.05, 0) is 61.5 Å². The summed E-state index contributed by atoms with van der Waals surface area (Å²) in [5.74, 6) is 0.947. The predicted molar refractivity (Wildman–Crippen MR) is 68.2 cm³/mol. The Bertz CT molecular complexity index is 272. The maximum absolute atomic E-state index is 4.24. The second-order valence-corrected chi connectivity index (χ2v) is 4.71. The maximum Gasteiger partial charge on any atom is 0.125 e. The van der Waals surface area contributed by atoms with Crippen molar-refractivity contribution in [2.24, 2.45) is 0 Å². The Morgan fingerprint density at radius 2 is 2.13 bits per heavy atom. The first-order valence-corrected chi connectivity index (χ1v) is 5.98. The lowest BCUT2D eigenvalue weighted by atomic mass is 10.3.